The van der Waals surface area contributed by atoms with E-state index in [-0.39, 0.29) is 5.91 Å². The van der Waals surface area contributed by atoms with Gasteiger partial charge in [-0.25, -0.2) is 0 Å². The van der Waals surface area contributed by atoms with Crippen LogP contribution in [0.5, 0.6) is 17.2 Å². The van der Waals surface area contributed by atoms with Crippen LogP contribution in [0, 0.1) is 0 Å². The Bertz CT molecular complexity index is 1110. The van der Waals surface area contributed by atoms with Crippen molar-refractivity contribution in [3.63, 3.8) is 0 Å². The van der Waals surface area contributed by atoms with Crippen molar-refractivity contribution in [2.75, 3.05) is 41.0 Å². The van der Waals surface area contributed by atoms with Crippen LogP contribution in [0.25, 0.3) is 11.3 Å². The summed E-state index contributed by atoms with van der Waals surface area (Å²) in [5.74, 6) is 1.57. The van der Waals surface area contributed by atoms with E-state index in [9.17, 15) is 4.79 Å². The van der Waals surface area contributed by atoms with Gasteiger partial charge in [-0.05, 0) is 41.6 Å². The Morgan fingerprint density at radius 1 is 1.12 bits per heavy atom. The first-order valence-corrected chi connectivity index (χ1v) is 11.4. The first-order chi connectivity index (χ1) is 15.6. The number of nitrogens with one attached hydrogen (secondary N) is 1. The fourth-order valence-electron chi connectivity index (χ4n) is 4.41. The smallest absolute Gasteiger partial charge is 0.271 e. The van der Waals surface area contributed by atoms with E-state index >= 15 is 0 Å². The molecule has 0 bridgehead atoms. The average Bonchev–Trinajstić information content (AvgIpc) is 3.46. The van der Waals surface area contributed by atoms with Crippen LogP contribution in [0.15, 0.2) is 29.6 Å². The number of fused-ring (bicyclic) bond motifs is 1. The van der Waals surface area contributed by atoms with E-state index in [0.717, 1.165) is 38.2 Å². The van der Waals surface area contributed by atoms with E-state index in [1.54, 1.807) is 27.4 Å². The third kappa shape index (κ3) is 3.61. The highest BCUT2D eigenvalue weighted by Crippen LogP contribution is 2.41. The van der Waals surface area contributed by atoms with Gasteiger partial charge >= 0.3 is 0 Å². The molecule has 0 radical (unpaired) electrons. The van der Waals surface area contributed by atoms with Gasteiger partial charge in [0.15, 0.2) is 11.5 Å². The highest BCUT2D eigenvalue weighted by Gasteiger charge is 2.37. The van der Waals surface area contributed by atoms with Gasteiger partial charge in [-0.1, -0.05) is 0 Å². The Hall–Kier alpha value is -3.04. The van der Waals surface area contributed by atoms with Crippen molar-refractivity contribution < 1.29 is 19.0 Å². The van der Waals surface area contributed by atoms with Crippen molar-refractivity contribution in [1.29, 1.82) is 0 Å². The highest BCUT2D eigenvalue weighted by atomic mass is 32.1. The molecule has 8 nitrogen and oxygen atoms in total. The minimum absolute atomic E-state index is 0.0272. The van der Waals surface area contributed by atoms with Gasteiger partial charge in [0.1, 0.15) is 5.69 Å². The molecule has 1 amide bonds. The quantitative estimate of drug-likeness (QED) is 0.617. The summed E-state index contributed by atoms with van der Waals surface area (Å²) in [5, 5.41) is 9.42. The molecule has 1 saturated heterocycles. The van der Waals surface area contributed by atoms with Crippen molar-refractivity contribution in [1.82, 2.24) is 20.0 Å². The van der Waals surface area contributed by atoms with Crippen LogP contribution in [0.1, 0.15) is 20.9 Å². The summed E-state index contributed by atoms with van der Waals surface area (Å²) in [5.41, 5.74) is 3.34. The molecule has 3 aromatic rings. The van der Waals surface area contributed by atoms with Gasteiger partial charge in [-0.3, -0.25) is 14.8 Å². The summed E-state index contributed by atoms with van der Waals surface area (Å²) in [6.07, 6.45) is 1.11. The Balaban J connectivity index is 1.26. The average molecular weight is 455 g/mol. The summed E-state index contributed by atoms with van der Waals surface area (Å²) in [7, 11) is 4.71. The van der Waals surface area contributed by atoms with Crippen molar-refractivity contribution >= 4 is 17.2 Å². The molecule has 2 aliphatic heterocycles. The molecule has 5 rings (SSSR count). The Morgan fingerprint density at radius 3 is 2.56 bits per heavy atom. The number of likely N-dealkylation sites (tertiary alicyclic amines) is 1. The number of rotatable bonds is 6. The number of amides is 1. The topological polar surface area (TPSA) is 79.9 Å². The van der Waals surface area contributed by atoms with E-state index in [2.05, 4.69) is 26.5 Å². The van der Waals surface area contributed by atoms with E-state index < -0.39 is 0 Å². The number of benzene rings is 1. The monoisotopic (exact) mass is 454 g/mol. The zero-order valence-electron chi connectivity index (χ0n) is 18.4. The number of nitrogens with zero attached hydrogens (tertiary/aromatic N) is 3. The molecule has 0 aliphatic carbocycles. The number of H-pyrrole nitrogens is 1. The molecular formula is C23H26N4O4S. The van der Waals surface area contributed by atoms with E-state index in [4.69, 9.17) is 14.2 Å². The second-order valence-corrected chi connectivity index (χ2v) is 9.03. The lowest BCUT2D eigenvalue weighted by atomic mass is 10.0. The van der Waals surface area contributed by atoms with Crippen LogP contribution in [0.2, 0.25) is 0 Å². The number of methoxy groups -OCH3 is 3. The molecule has 4 heterocycles. The first-order valence-electron chi connectivity index (χ1n) is 10.6. The second kappa shape index (κ2) is 8.48. The lowest BCUT2D eigenvalue weighted by Gasteiger charge is -2.46. The standard InChI is InChI=1S/C23H26N4O4S/c1-29-19-8-15(9-20(30-2)22(19)31-3)17-10-18(25-24-17)23(28)27-12-16(13-27)26-6-4-21-14(11-26)5-7-32-21/h5,7-10,16H,4,6,11-13H2,1-3H3,(H,24,25). The minimum Gasteiger partial charge on any atom is -0.493 e. The fraction of sp³-hybridized carbons (Fsp3) is 0.391. The molecule has 0 atom stereocenters. The summed E-state index contributed by atoms with van der Waals surface area (Å²) in [4.78, 5) is 18.8. The zero-order valence-corrected chi connectivity index (χ0v) is 19.2. The van der Waals surface area contributed by atoms with E-state index in [1.165, 1.54) is 10.4 Å². The number of hydrogen-bond acceptors (Lipinski definition) is 7. The highest BCUT2D eigenvalue weighted by molar-refractivity contribution is 7.10. The normalized spacial score (nSPS) is 16.4. The van der Waals surface area contributed by atoms with Gasteiger partial charge in [-0.2, -0.15) is 5.10 Å². The molecule has 0 spiro atoms. The van der Waals surface area contributed by atoms with Crippen molar-refractivity contribution in [2.24, 2.45) is 0 Å². The molecule has 0 unspecified atom stereocenters. The van der Waals surface area contributed by atoms with Crippen LogP contribution < -0.4 is 14.2 Å². The van der Waals surface area contributed by atoms with E-state index in [0.29, 0.717) is 34.7 Å². The van der Waals surface area contributed by atoms with Gasteiger partial charge in [0.2, 0.25) is 5.75 Å². The summed E-state index contributed by atoms with van der Waals surface area (Å²) >= 11 is 1.85. The lowest BCUT2D eigenvalue weighted by Crippen LogP contribution is -2.61. The van der Waals surface area contributed by atoms with Gasteiger partial charge in [0.25, 0.3) is 5.91 Å². The van der Waals surface area contributed by atoms with Crippen LogP contribution in [-0.4, -0.2) is 72.9 Å². The van der Waals surface area contributed by atoms with E-state index in [1.807, 2.05) is 28.4 Å². The van der Waals surface area contributed by atoms with Gasteiger partial charge in [0.05, 0.1) is 27.0 Å². The number of carbonyl (C=O) groups is 1. The number of aromatic nitrogens is 2. The lowest BCUT2D eigenvalue weighted by molar-refractivity contribution is 0.0216. The maximum atomic E-state index is 13.0. The number of aromatic amines is 1. The van der Waals surface area contributed by atoms with Gasteiger partial charge < -0.3 is 19.1 Å². The molecule has 0 saturated carbocycles. The van der Waals surface area contributed by atoms with Gasteiger partial charge in [0, 0.05) is 42.7 Å². The number of hydrogen-bond donors (Lipinski definition) is 1. The molecule has 2 aliphatic rings. The molecular weight excluding hydrogens is 428 g/mol. The third-order valence-corrected chi connectivity index (χ3v) is 7.29. The first kappa shape index (κ1) is 20.8. The Morgan fingerprint density at radius 2 is 1.88 bits per heavy atom. The third-order valence-electron chi connectivity index (χ3n) is 6.27. The predicted octanol–water partition coefficient (Wildman–Crippen LogP) is 3.05. The molecule has 1 fully saturated rings. The summed E-state index contributed by atoms with van der Waals surface area (Å²) in [6, 6.07) is 8.06. The van der Waals surface area contributed by atoms with Crippen molar-refractivity contribution in [3.05, 3.63) is 45.8 Å². The maximum absolute atomic E-state index is 13.0. The van der Waals surface area contributed by atoms with Crippen LogP contribution in [0.3, 0.4) is 0 Å². The minimum atomic E-state index is -0.0272. The van der Waals surface area contributed by atoms with Crippen molar-refractivity contribution in [2.45, 2.75) is 19.0 Å². The number of thiophene rings is 1. The SMILES string of the molecule is COc1cc(-c2cc(C(=O)N3CC(N4CCc5sccc5C4)C3)[nH]n2)cc(OC)c1OC. The molecule has 9 heteroatoms. The number of carbonyl (C=O) groups excluding carboxylic acids is 1. The maximum Gasteiger partial charge on any atom is 0.271 e. The van der Waals surface area contributed by atoms with Crippen LogP contribution in [0.4, 0.5) is 0 Å². The zero-order chi connectivity index (χ0) is 22.2. The summed E-state index contributed by atoms with van der Waals surface area (Å²) in [6.45, 7) is 3.55. The molecule has 1 N–H and O–H groups in total. The molecule has 32 heavy (non-hydrogen) atoms. The molecule has 2 aromatic heterocycles. The van der Waals surface area contributed by atoms with Crippen molar-refractivity contribution in [3.8, 4) is 28.5 Å². The van der Waals surface area contributed by atoms with Gasteiger partial charge in [-0.15, -0.1) is 11.3 Å². The Kier molecular flexibility index (Phi) is 5.52. The summed E-state index contributed by atoms with van der Waals surface area (Å²) < 4.78 is 16.2. The predicted molar refractivity (Wildman–Crippen MR) is 122 cm³/mol. The second-order valence-electron chi connectivity index (χ2n) is 8.03. The molecule has 1 aromatic carbocycles. The molecule has 168 valence electrons. The largest absolute Gasteiger partial charge is 0.493 e. The number of ether oxygens (including phenoxy) is 3. The van der Waals surface area contributed by atoms with Crippen LogP contribution in [-0.2, 0) is 13.0 Å². The van der Waals surface area contributed by atoms with Crippen LogP contribution >= 0.6 is 11.3 Å². The Labute approximate surface area is 190 Å². The fourth-order valence-corrected chi connectivity index (χ4v) is 5.30.